The van der Waals surface area contributed by atoms with E-state index in [2.05, 4.69) is 9.88 Å². The smallest absolute Gasteiger partial charge is 0.355 e. The summed E-state index contributed by atoms with van der Waals surface area (Å²) in [4.78, 5) is 29.9. The van der Waals surface area contributed by atoms with Crippen molar-refractivity contribution in [3.63, 3.8) is 0 Å². The topological polar surface area (TPSA) is 68.7 Å². The number of benzene rings is 1. The average molecular weight is 354 g/mol. The van der Waals surface area contributed by atoms with E-state index in [0.29, 0.717) is 5.75 Å². The highest BCUT2D eigenvalue weighted by molar-refractivity contribution is 5.87. The number of hydrogen-bond donors (Lipinski definition) is 0. The van der Waals surface area contributed by atoms with Gasteiger partial charge in [0.25, 0.3) is 0 Å². The predicted octanol–water partition coefficient (Wildman–Crippen LogP) is 2.84. The lowest BCUT2D eigenvalue weighted by Crippen LogP contribution is -2.44. The number of aromatic nitrogens is 1. The highest BCUT2D eigenvalue weighted by Gasteiger charge is 2.35. The molecule has 1 aliphatic rings. The van der Waals surface area contributed by atoms with Gasteiger partial charge in [0.05, 0.1) is 0 Å². The molecule has 1 aromatic carbocycles. The summed E-state index contributed by atoms with van der Waals surface area (Å²) in [5, 5.41) is 0. The number of ether oxygens (including phenoxy) is 2. The number of piperidine rings is 1. The zero-order chi connectivity index (χ0) is 18.4. The highest BCUT2D eigenvalue weighted by Crippen LogP contribution is 2.28. The van der Waals surface area contributed by atoms with E-state index in [0.717, 1.165) is 31.6 Å². The zero-order valence-electron chi connectivity index (χ0n) is 14.7. The van der Waals surface area contributed by atoms with E-state index < -0.39 is 18.0 Å². The van der Waals surface area contributed by atoms with Crippen LogP contribution in [0, 0.1) is 5.92 Å². The van der Waals surface area contributed by atoms with Crippen LogP contribution in [0.2, 0.25) is 0 Å². The van der Waals surface area contributed by atoms with Crippen LogP contribution in [-0.2, 0) is 14.3 Å². The van der Waals surface area contributed by atoms with Crippen LogP contribution in [0.5, 0.6) is 5.75 Å². The molecule has 0 amide bonds. The third kappa shape index (κ3) is 4.59. The number of hydrogen-bond acceptors (Lipinski definition) is 6. The number of carbonyl (C=O) groups is 2. The fourth-order valence-electron chi connectivity index (χ4n) is 3.20. The lowest BCUT2D eigenvalue weighted by Gasteiger charge is -2.36. The van der Waals surface area contributed by atoms with Gasteiger partial charge >= 0.3 is 11.9 Å². The van der Waals surface area contributed by atoms with E-state index in [4.69, 9.17) is 9.47 Å². The van der Waals surface area contributed by atoms with Crippen LogP contribution in [-0.4, -0.2) is 36.1 Å². The van der Waals surface area contributed by atoms with E-state index >= 15 is 0 Å². The molecule has 0 N–H and O–H groups in total. The maximum Gasteiger partial charge on any atom is 0.355 e. The second-order valence-electron chi connectivity index (χ2n) is 6.29. The number of nitrogens with zero attached hydrogens (tertiary/aromatic N) is 2. The van der Waals surface area contributed by atoms with Crippen LogP contribution in [0.25, 0.3) is 0 Å². The lowest BCUT2D eigenvalue weighted by molar-refractivity contribution is -0.165. The Morgan fingerprint density at radius 2 is 1.73 bits per heavy atom. The third-order valence-electron chi connectivity index (χ3n) is 4.48. The Morgan fingerprint density at radius 3 is 2.35 bits per heavy atom. The summed E-state index contributed by atoms with van der Waals surface area (Å²) in [5.74, 6) is -0.663. The summed E-state index contributed by atoms with van der Waals surface area (Å²) in [6.07, 6.45) is 4.29. The molecule has 1 unspecified atom stereocenters. The number of rotatable bonds is 5. The molecule has 0 saturated carbocycles. The Morgan fingerprint density at radius 1 is 1.08 bits per heavy atom. The van der Waals surface area contributed by atoms with Crippen LogP contribution in [0.15, 0.2) is 54.9 Å². The van der Waals surface area contributed by atoms with E-state index in [1.54, 1.807) is 24.5 Å². The van der Waals surface area contributed by atoms with Crippen molar-refractivity contribution in [3.8, 4) is 5.75 Å². The van der Waals surface area contributed by atoms with Crippen LogP contribution >= 0.6 is 0 Å². The van der Waals surface area contributed by atoms with Crippen molar-refractivity contribution in [3.05, 3.63) is 54.9 Å². The molecule has 2 aromatic rings. The van der Waals surface area contributed by atoms with Gasteiger partial charge in [-0.2, -0.15) is 0 Å². The first kappa shape index (κ1) is 17.9. The average Bonchev–Trinajstić information content (AvgIpc) is 2.67. The van der Waals surface area contributed by atoms with Gasteiger partial charge in [0.2, 0.25) is 0 Å². The number of carbonyl (C=O) groups excluding carboxylic acids is 2. The van der Waals surface area contributed by atoms with Crippen molar-refractivity contribution >= 4 is 17.6 Å². The molecule has 26 heavy (non-hydrogen) atoms. The monoisotopic (exact) mass is 354 g/mol. The van der Waals surface area contributed by atoms with Crippen molar-refractivity contribution in [2.75, 3.05) is 18.0 Å². The van der Waals surface area contributed by atoms with Crippen LogP contribution in [0.3, 0.4) is 0 Å². The fourth-order valence-corrected chi connectivity index (χ4v) is 3.20. The molecule has 1 aliphatic heterocycles. The first-order valence-corrected chi connectivity index (χ1v) is 8.72. The molecule has 2 heterocycles. The second-order valence-corrected chi connectivity index (χ2v) is 6.29. The maximum atomic E-state index is 12.4. The molecular formula is C20H22N2O4. The van der Waals surface area contributed by atoms with Gasteiger partial charge in [-0.25, -0.2) is 4.79 Å². The minimum absolute atomic E-state index is 0.0138. The van der Waals surface area contributed by atoms with Gasteiger partial charge in [0, 0.05) is 44.0 Å². The second kappa shape index (κ2) is 8.47. The van der Waals surface area contributed by atoms with Gasteiger partial charge in [0.15, 0.2) is 6.10 Å². The van der Waals surface area contributed by atoms with Crippen molar-refractivity contribution in [1.82, 2.24) is 4.98 Å². The normalized spacial score (nSPS) is 16.0. The standard InChI is InChI=1S/C20H22N2O4/c1-15(23)25-20(24)19(26-18-5-3-2-4-6-18)16-9-13-22(14-10-16)17-7-11-21-12-8-17/h2-8,11-12,16,19H,9-10,13-14H2,1H3. The molecule has 136 valence electrons. The van der Waals surface area contributed by atoms with Crippen molar-refractivity contribution in [2.24, 2.45) is 5.92 Å². The first-order valence-electron chi connectivity index (χ1n) is 8.72. The van der Waals surface area contributed by atoms with Crippen molar-refractivity contribution < 1.29 is 19.1 Å². The Hall–Kier alpha value is -2.89. The largest absolute Gasteiger partial charge is 0.478 e. The summed E-state index contributed by atoms with van der Waals surface area (Å²) in [6, 6.07) is 13.1. The summed E-state index contributed by atoms with van der Waals surface area (Å²) in [6.45, 7) is 2.83. The summed E-state index contributed by atoms with van der Waals surface area (Å²) >= 11 is 0. The minimum atomic E-state index is -0.791. The van der Waals surface area contributed by atoms with E-state index in [-0.39, 0.29) is 5.92 Å². The Bertz CT molecular complexity index is 728. The molecule has 1 aromatic heterocycles. The maximum absolute atomic E-state index is 12.4. The fraction of sp³-hybridized carbons (Fsp3) is 0.350. The molecule has 6 heteroatoms. The van der Waals surface area contributed by atoms with Crippen molar-refractivity contribution in [2.45, 2.75) is 25.9 Å². The summed E-state index contributed by atoms with van der Waals surface area (Å²) in [7, 11) is 0. The van der Waals surface area contributed by atoms with Crippen LogP contribution < -0.4 is 9.64 Å². The molecule has 1 atom stereocenters. The predicted molar refractivity (Wildman–Crippen MR) is 96.8 cm³/mol. The number of esters is 2. The Labute approximate surface area is 152 Å². The summed E-state index contributed by atoms with van der Waals surface area (Å²) < 4.78 is 10.7. The number of para-hydroxylation sites is 1. The molecule has 3 rings (SSSR count). The quantitative estimate of drug-likeness (QED) is 0.607. The van der Waals surface area contributed by atoms with Gasteiger partial charge in [-0.15, -0.1) is 0 Å². The number of anilines is 1. The van der Waals surface area contributed by atoms with Crippen LogP contribution in [0.1, 0.15) is 19.8 Å². The highest BCUT2D eigenvalue weighted by atomic mass is 16.6. The van der Waals surface area contributed by atoms with Gasteiger partial charge in [0.1, 0.15) is 5.75 Å². The van der Waals surface area contributed by atoms with Crippen molar-refractivity contribution in [1.29, 1.82) is 0 Å². The molecular weight excluding hydrogens is 332 g/mol. The van der Waals surface area contributed by atoms with Crippen LogP contribution in [0.4, 0.5) is 5.69 Å². The minimum Gasteiger partial charge on any atom is -0.478 e. The third-order valence-corrected chi connectivity index (χ3v) is 4.48. The van der Waals surface area contributed by atoms with Gasteiger partial charge in [-0.1, -0.05) is 18.2 Å². The van der Waals surface area contributed by atoms with Gasteiger partial charge < -0.3 is 14.4 Å². The summed E-state index contributed by atoms with van der Waals surface area (Å²) in [5.41, 5.74) is 1.12. The first-order chi connectivity index (χ1) is 12.6. The van der Waals surface area contributed by atoms with Gasteiger partial charge in [-0.05, 0) is 37.1 Å². The lowest BCUT2D eigenvalue weighted by atomic mass is 9.90. The molecule has 1 fully saturated rings. The molecule has 0 bridgehead atoms. The number of pyridine rings is 1. The molecule has 1 saturated heterocycles. The van der Waals surface area contributed by atoms with E-state index in [9.17, 15) is 9.59 Å². The Balaban J connectivity index is 1.69. The molecule has 0 radical (unpaired) electrons. The SMILES string of the molecule is CC(=O)OC(=O)C(Oc1ccccc1)C1CCN(c2ccncc2)CC1. The molecule has 6 nitrogen and oxygen atoms in total. The molecule has 0 aliphatic carbocycles. The zero-order valence-corrected chi connectivity index (χ0v) is 14.7. The van der Waals surface area contributed by atoms with Gasteiger partial charge in [-0.3, -0.25) is 9.78 Å². The Kier molecular flexibility index (Phi) is 5.84. The molecule has 0 spiro atoms. The van der Waals surface area contributed by atoms with E-state index in [1.165, 1.54) is 6.92 Å². The van der Waals surface area contributed by atoms with E-state index in [1.807, 2.05) is 30.3 Å².